The Morgan fingerprint density at radius 2 is 1.65 bits per heavy atom. The Morgan fingerprint density at radius 3 is 2.15 bits per heavy atom. The molecule has 3 heteroatoms. The summed E-state index contributed by atoms with van der Waals surface area (Å²) in [5.74, 6) is 5.89. The summed E-state index contributed by atoms with van der Waals surface area (Å²) < 4.78 is 0. The zero-order valence-electron chi connectivity index (χ0n) is 11.4. The molecule has 1 atom stereocenters. The molecule has 0 bridgehead atoms. The van der Waals surface area contributed by atoms with Crippen LogP contribution in [0.3, 0.4) is 0 Å². The van der Waals surface area contributed by atoms with Crippen LogP contribution < -0.4 is 11.3 Å². The second-order valence-electron chi connectivity index (χ2n) is 5.53. The summed E-state index contributed by atoms with van der Waals surface area (Å²) in [5.41, 5.74) is 5.70. The average molecular weight is 287 g/mol. The van der Waals surface area contributed by atoms with Crippen LogP contribution in [0.4, 0.5) is 0 Å². The maximum absolute atomic E-state index is 5.99. The van der Waals surface area contributed by atoms with Crippen molar-refractivity contribution in [2.45, 2.75) is 30.7 Å². The first-order valence-corrected chi connectivity index (χ1v) is 7.41. The van der Waals surface area contributed by atoms with Crippen molar-refractivity contribution >= 4 is 11.6 Å². The van der Waals surface area contributed by atoms with Crippen LogP contribution in [0.5, 0.6) is 0 Å². The molecule has 0 aromatic heterocycles. The van der Waals surface area contributed by atoms with Gasteiger partial charge in [0.2, 0.25) is 0 Å². The molecule has 0 aliphatic heterocycles. The van der Waals surface area contributed by atoms with Gasteiger partial charge in [0.25, 0.3) is 0 Å². The Balaban J connectivity index is 2.00. The van der Waals surface area contributed by atoms with Crippen LogP contribution in [-0.4, -0.2) is 0 Å². The number of hydrazine groups is 1. The van der Waals surface area contributed by atoms with Crippen molar-refractivity contribution in [3.8, 4) is 0 Å². The lowest BCUT2D eigenvalue weighted by atomic mass is 9.59. The lowest BCUT2D eigenvalue weighted by Crippen LogP contribution is -2.48. The number of halogens is 1. The number of nitrogens with two attached hydrogens (primary N) is 1. The van der Waals surface area contributed by atoms with Crippen LogP contribution in [0.1, 0.15) is 36.4 Å². The van der Waals surface area contributed by atoms with Gasteiger partial charge in [0.15, 0.2) is 0 Å². The molecule has 3 N–H and O–H groups in total. The Hall–Kier alpha value is -1.35. The minimum Gasteiger partial charge on any atom is -0.271 e. The molecule has 1 aliphatic carbocycles. The molecule has 1 fully saturated rings. The third kappa shape index (κ3) is 2.24. The fraction of sp³-hybridized carbons (Fsp3) is 0.294. The van der Waals surface area contributed by atoms with E-state index in [0.717, 1.165) is 17.9 Å². The van der Waals surface area contributed by atoms with Crippen LogP contribution in [0.25, 0.3) is 0 Å². The molecule has 3 rings (SSSR count). The SMILES string of the molecule is NNC(c1ccc(Cl)cc1)C1(c2ccccc2)CCC1. The maximum Gasteiger partial charge on any atom is 0.0556 e. The quantitative estimate of drug-likeness (QED) is 0.659. The topological polar surface area (TPSA) is 38.0 Å². The monoisotopic (exact) mass is 286 g/mol. The first kappa shape index (κ1) is 13.6. The largest absolute Gasteiger partial charge is 0.271 e. The first-order chi connectivity index (χ1) is 9.76. The number of benzene rings is 2. The Morgan fingerprint density at radius 1 is 1.00 bits per heavy atom. The van der Waals surface area contributed by atoms with Gasteiger partial charge >= 0.3 is 0 Å². The van der Waals surface area contributed by atoms with Crippen LogP contribution in [0.15, 0.2) is 54.6 Å². The lowest BCUT2D eigenvalue weighted by molar-refractivity contribution is 0.170. The standard InChI is InChI=1S/C17H19ClN2/c18-15-9-7-13(8-10-15)16(20-19)17(11-4-12-17)14-5-2-1-3-6-14/h1-3,5-10,16,20H,4,11-12,19H2. The van der Waals surface area contributed by atoms with Crippen molar-refractivity contribution in [3.63, 3.8) is 0 Å². The second-order valence-corrected chi connectivity index (χ2v) is 5.96. The molecule has 2 aromatic rings. The Labute approximate surface area is 124 Å². The molecular weight excluding hydrogens is 268 g/mol. The fourth-order valence-electron chi connectivity index (χ4n) is 3.30. The molecule has 1 unspecified atom stereocenters. The summed E-state index contributed by atoms with van der Waals surface area (Å²) in [6.07, 6.45) is 3.57. The highest BCUT2D eigenvalue weighted by Gasteiger charge is 2.45. The van der Waals surface area contributed by atoms with Gasteiger partial charge in [-0.1, -0.05) is 60.5 Å². The van der Waals surface area contributed by atoms with Gasteiger partial charge in [-0.3, -0.25) is 11.3 Å². The second kappa shape index (κ2) is 5.57. The van der Waals surface area contributed by atoms with Gasteiger partial charge in [0, 0.05) is 10.4 Å². The van der Waals surface area contributed by atoms with Crippen molar-refractivity contribution in [3.05, 3.63) is 70.7 Å². The summed E-state index contributed by atoms with van der Waals surface area (Å²) in [6.45, 7) is 0. The summed E-state index contributed by atoms with van der Waals surface area (Å²) in [4.78, 5) is 0. The highest BCUT2D eigenvalue weighted by atomic mass is 35.5. The molecule has 2 aromatic carbocycles. The molecule has 20 heavy (non-hydrogen) atoms. The molecular formula is C17H19ClN2. The fourth-order valence-corrected chi connectivity index (χ4v) is 3.43. The highest BCUT2D eigenvalue weighted by Crippen LogP contribution is 2.51. The molecule has 0 saturated heterocycles. The predicted octanol–water partition coefficient (Wildman–Crippen LogP) is 3.97. The van der Waals surface area contributed by atoms with E-state index in [0.29, 0.717) is 0 Å². The summed E-state index contributed by atoms with van der Waals surface area (Å²) >= 11 is 5.99. The van der Waals surface area contributed by atoms with Crippen molar-refractivity contribution in [2.24, 2.45) is 5.84 Å². The summed E-state index contributed by atoms with van der Waals surface area (Å²) in [7, 11) is 0. The number of nitrogens with one attached hydrogen (secondary N) is 1. The van der Waals surface area contributed by atoms with Crippen molar-refractivity contribution in [1.82, 2.24) is 5.43 Å². The summed E-state index contributed by atoms with van der Waals surface area (Å²) in [6, 6.07) is 18.8. The van der Waals surface area contributed by atoms with E-state index >= 15 is 0 Å². The van der Waals surface area contributed by atoms with Crippen molar-refractivity contribution < 1.29 is 0 Å². The third-order valence-corrected chi connectivity index (χ3v) is 4.77. The summed E-state index contributed by atoms with van der Waals surface area (Å²) in [5, 5.41) is 0.756. The van der Waals surface area contributed by atoms with Crippen LogP contribution in [0.2, 0.25) is 5.02 Å². The molecule has 0 radical (unpaired) electrons. The van der Waals surface area contributed by atoms with Crippen LogP contribution in [-0.2, 0) is 5.41 Å². The number of hydrogen-bond acceptors (Lipinski definition) is 2. The van der Waals surface area contributed by atoms with E-state index in [-0.39, 0.29) is 11.5 Å². The molecule has 1 aliphatic rings. The molecule has 2 nitrogen and oxygen atoms in total. The van der Waals surface area contributed by atoms with E-state index < -0.39 is 0 Å². The van der Waals surface area contributed by atoms with Gasteiger partial charge in [-0.2, -0.15) is 0 Å². The third-order valence-electron chi connectivity index (χ3n) is 4.52. The van der Waals surface area contributed by atoms with Gasteiger partial charge in [-0.15, -0.1) is 0 Å². The van der Waals surface area contributed by atoms with Crippen LogP contribution in [0, 0.1) is 0 Å². The van der Waals surface area contributed by atoms with Gasteiger partial charge in [0.05, 0.1) is 6.04 Å². The van der Waals surface area contributed by atoms with Crippen LogP contribution >= 0.6 is 11.6 Å². The van der Waals surface area contributed by atoms with Gasteiger partial charge in [-0.25, -0.2) is 0 Å². The minimum absolute atomic E-state index is 0.101. The smallest absolute Gasteiger partial charge is 0.0556 e. The molecule has 104 valence electrons. The van der Waals surface area contributed by atoms with E-state index in [2.05, 4.69) is 47.9 Å². The molecule has 0 heterocycles. The average Bonchev–Trinajstić information content (AvgIpc) is 2.45. The van der Waals surface area contributed by atoms with E-state index in [1.807, 2.05) is 12.1 Å². The molecule has 0 spiro atoms. The maximum atomic E-state index is 5.99. The van der Waals surface area contributed by atoms with Gasteiger partial charge < -0.3 is 0 Å². The van der Waals surface area contributed by atoms with E-state index in [4.69, 9.17) is 17.4 Å². The highest BCUT2D eigenvalue weighted by molar-refractivity contribution is 6.30. The molecule has 1 saturated carbocycles. The normalized spacial score (nSPS) is 18.3. The van der Waals surface area contributed by atoms with Crippen molar-refractivity contribution in [1.29, 1.82) is 0 Å². The van der Waals surface area contributed by atoms with E-state index in [1.54, 1.807) is 0 Å². The van der Waals surface area contributed by atoms with Crippen molar-refractivity contribution in [2.75, 3.05) is 0 Å². The van der Waals surface area contributed by atoms with E-state index in [1.165, 1.54) is 17.5 Å². The molecule has 0 amide bonds. The number of hydrogen-bond donors (Lipinski definition) is 2. The first-order valence-electron chi connectivity index (χ1n) is 7.03. The zero-order valence-corrected chi connectivity index (χ0v) is 12.1. The Bertz CT molecular complexity index is 561. The van der Waals surface area contributed by atoms with E-state index in [9.17, 15) is 0 Å². The Kier molecular flexibility index (Phi) is 3.79. The number of rotatable bonds is 4. The zero-order chi connectivity index (χ0) is 14.0. The minimum atomic E-state index is 0.101. The predicted molar refractivity (Wildman–Crippen MR) is 83.5 cm³/mol. The van der Waals surface area contributed by atoms with Gasteiger partial charge in [-0.05, 0) is 36.1 Å². The lowest BCUT2D eigenvalue weighted by Gasteiger charge is -2.48. The van der Waals surface area contributed by atoms with Gasteiger partial charge in [0.1, 0.15) is 0 Å².